The molecule has 0 saturated heterocycles. The lowest BCUT2D eigenvalue weighted by atomic mass is 9.89. The zero-order valence-corrected chi connectivity index (χ0v) is 9.52. The predicted octanol–water partition coefficient (Wildman–Crippen LogP) is 4.01. The van der Waals surface area contributed by atoms with Crippen molar-refractivity contribution in [3.05, 3.63) is 35.1 Å². The van der Waals surface area contributed by atoms with Crippen LogP contribution in [0.4, 0.5) is 30.7 Å². The lowest BCUT2D eigenvalue weighted by Gasteiger charge is -2.29. The molecule has 1 aromatic rings. The van der Waals surface area contributed by atoms with Crippen LogP contribution in [-0.4, -0.2) is 12.4 Å². The Hall–Kier alpha value is -1.80. The van der Waals surface area contributed by atoms with Crippen LogP contribution in [-0.2, 0) is 16.6 Å². The normalized spacial score (nSPS) is 22.9. The Bertz CT molecular complexity index is 539. The average molecular weight is 301 g/mol. The highest BCUT2D eigenvalue weighted by atomic mass is 19.4. The first-order valence-corrected chi connectivity index (χ1v) is 5.22. The molecule has 1 unspecified atom stereocenters. The summed E-state index contributed by atoms with van der Waals surface area (Å²) in [4.78, 5) is 4.25. The summed E-state index contributed by atoms with van der Waals surface area (Å²) < 4.78 is 89.9. The second kappa shape index (κ2) is 4.35. The van der Waals surface area contributed by atoms with Crippen LogP contribution in [0.3, 0.4) is 0 Å². The predicted molar refractivity (Wildman–Crippen MR) is 53.3 cm³/mol. The van der Waals surface area contributed by atoms with Crippen LogP contribution >= 0.6 is 0 Å². The fourth-order valence-electron chi connectivity index (χ4n) is 1.83. The maximum atomic E-state index is 13.1. The van der Waals surface area contributed by atoms with Crippen molar-refractivity contribution in [1.82, 2.24) is 0 Å². The topological polar surface area (TPSA) is 21.6 Å². The summed E-state index contributed by atoms with van der Waals surface area (Å²) in [6.07, 6.45) is -10.1. The van der Waals surface area contributed by atoms with Crippen LogP contribution in [0.2, 0.25) is 0 Å². The number of rotatable bonds is 1. The largest absolute Gasteiger partial charge is 0.435 e. The maximum absolute atomic E-state index is 13.1. The molecule has 1 atom stereocenters. The van der Waals surface area contributed by atoms with Gasteiger partial charge >= 0.3 is 12.4 Å². The van der Waals surface area contributed by atoms with E-state index in [0.29, 0.717) is 12.1 Å². The second-order valence-electron chi connectivity index (χ2n) is 4.10. The Morgan fingerprint density at radius 1 is 1.10 bits per heavy atom. The monoisotopic (exact) mass is 301 g/mol. The number of benzene rings is 1. The van der Waals surface area contributed by atoms with Crippen molar-refractivity contribution in [2.45, 2.75) is 24.4 Å². The molecule has 1 aromatic carbocycles. The van der Waals surface area contributed by atoms with Gasteiger partial charge in [-0.25, -0.2) is 4.39 Å². The molecular weight excluding hydrogens is 295 g/mol. The van der Waals surface area contributed by atoms with Gasteiger partial charge in [0.05, 0.1) is 5.56 Å². The maximum Gasteiger partial charge on any atom is 0.435 e. The molecule has 2 nitrogen and oxygen atoms in total. The summed E-state index contributed by atoms with van der Waals surface area (Å²) in [7, 11) is 0. The first kappa shape index (κ1) is 14.6. The van der Waals surface area contributed by atoms with E-state index in [0.717, 1.165) is 6.21 Å². The van der Waals surface area contributed by atoms with Crippen LogP contribution in [0, 0.1) is 5.82 Å². The van der Waals surface area contributed by atoms with Crippen LogP contribution in [0.15, 0.2) is 23.4 Å². The Morgan fingerprint density at radius 3 is 2.20 bits per heavy atom. The third-order valence-electron chi connectivity index (χ3n) is 2.86. The van der Waals surface area contributed by atoms with E-state index in [1.807, 2.05) is 0 Å². The lowest BCUT2D eigenvalue weighted by Crippen LogP contribution is -2.42. The first-order chi connectivity index (χ1) is 9.08. The molecule has 0 bridgehead atoms. The summed E-state index contributed by atoms with van der Waals surface area (Å²) in [5.41, 5.74) is -5.65. The number of alkyl halides is 6. The quantitative estimate of drug-likeness (QED) is 0.718. The zero-order chi connectivity index (χ0) is 15.2. The molecular formula is C11H6F7NO. The van der Waals surface area contributed by atoms with E-state index in [1.165, 1.54) is 0 Å². The Labute approximate surface area is 107 Å². The van der Waals surface area contributed by atoms with Crippen LogP contribution in [0.25, 0.3) is 0 Å². The summed E-state index contributed by atoms with van der Waals surface area (Å²) >= 11 is 0. The number of halogens is 7. The molecule has 0 spiro atoms. The fraction of sp³-hybridized carbons (Fsp3) is 0.364. The van der Waals surface area contributed by atoms with Crippen LogP contribution < -0.4 is 0 Å². The number of hydrogen-bond acceptors (Lipinski definition) is 2. The van der Waals surface area contributed by atoms with Gasteiger partial charge < -0.3 is 4.84 Å². The van der Waals surface area contributed by atoms with Crippen molar-refractivity contribution in [3.8, 4) is 0 Å². The smallest absolute Gasteiger partial charge is 0.375 e. The van der Waals surface area contributed by atoms with Crippen molar-refractivity contribution >= 4 is 6.21 Å². The third kappa shape index (κ3) is 2.20. The Morgan fingerprint density at radius 2 is 1.75 bits per heavy atom. The van der Waals surface area contributed by atoms with Crippen LogP contribution in [0.5, 0.6) is 0 Å². The molecule has 0 aliphatic carbocycles. The molecule has 20 heavy (non-hydrogen) atoms. The highest BCUT2D eigenvalue weighted by molar-refractivity contribution is 5.61. The molecule has 0 N–H and O–H groups in total. The summed E-state index contributed by atoms with van der Waals surface area (Å²) in [6.45, 7) is 0. The lowest BCUT2D eigenvalue weighted by molar-refractivity contribution is -0.276. The van der Waals surface area contributed by atoms with E-state index >= 15 is 0 Å². The first-order valence-electron chi connectivity index (χ1n) is 5.22. The summed E-state index contributed by atoms with van der Waals surface area (Å²) in [5.74, 6) is -1.66. The van der Waals surface area contributed by atoms with Crippen molar-refractivity contribution in [1.29, 1.82) is 0 Å². The molecule has 0 aromatic heterocycles. The van der Waals surface area contributed by atoms with Gasteiger partial charge in [-0.1, -0.05) is 11.2 Å². The third-order valence-corrected chi connectivity index (χ3v) is 2.86. The average Bonchev–Trinajstić information content (AvgIpc) is 2.77. The molecule has 0 fully saturated rings. The van der Waals surface area contributed by atoms with Crippen LogP contribution in [0.1, 0.15) is 17.5 Å². The van der Waals surface area contributed by atoms with Gasteiger partial charge in [-0.3, -0.25) is 0 Å². The highest BCUT2D eigenvalue weighted by Gasteiger charge is 2.61. The Balaban J connectivity index is 2.57. The van der Waals surface area contributed by atoms with Gasteiger partial charge in [0.15, 0.2) is 0 Å². The molecule has 0 saturated carbocycles. The molecule has 0 amide bonds. The number of hydrogen-bond donors (Lipinski definition) is 0. The minimum absolute atomic E-state index is 0.0947. The van der Waals surface area contributed by atoms with Gasteiger partial charge in [0.1, 0.15) is 5.82 Å². The molecule has 1 heterocycles. The highest BCUT2D eigenvalue weighted by Crippen LogP contribution is 2.47. The fourth-order valence-corrected chi connectivity index (χ4v) is 1.83. The van der Waals surface area contributed by atoms with Gasteiger partial charge in [0.25, 0.3) is 5.60 Å². The van der Waals surface area contributed by atoms with Gasteiger partial charge in [-0.15, -0.1) is 0 Å². The van der Waals surface area contributed by atoms with E-state index in [2.05, 4.69) is 9.99 Å². The van der Waals surface area contributed by atoms with E-state index in [-0.39, 0.29) is 6.07 Å². The SMILES string of the molecule is Fc1ccc(C2(C(F)(F)F)CC=NO2)cc1C(F)(F)F. The summed E-state index contributed by atoms with van der Waals surface area (Å²) in [5, 5.41) is 2.97. The van der Waals surface area contributed by atoms with Crippen molar-refractivity contribution in [2.75, 3.05) is 0 Å². The number of nitrogens with zero attached hydrogens (tertiary/aromatic N) is 1. The minimum Gasteiger partial charge on any atom is -0.375 e. The second-order valence-corrected chi connectivity index (χ2v) is 4.10. The van der Waals surface area contributed by atoms with E-state index in [9.17, 15) is 30.7 Å². The van der Waals surface area contributed by atoms with E-state index < -0.39 is 41.3 Å². The molecule has 1 aliphatic rings. The molecule has 0 radical (unpaired) electrons. The molecule has 110 valence electrons. The minimum atomic E-state index is -5.10. The number of oxime groups is 1. The zero-order valence-electron chi connectivity index (χ0n) is 9.52. The van der Waals surface area contributed by atoms with Crippen molar-refractivity contribution < 1.29 is 35.6 Å². The summed E-state index contributed by atoms with van der Waals surface area (Å²) in [6, 6.07) is 1.03. The standard InChI is InChI=1S/C11H6F7NO/c12-8-2-1-6(5-7(8)10(13,14)15)9(11(16,17)18)3-4-19-20-9/h1-2,4-5H,3H2. The molecule has 2 rings (SSSR count). The van der Waals surface area contributed by atoms with E-state index in [1.54, 1.807) is 0 Å². The van der Waals surface area contributed by atoms with Crippen molar-refractivity contribution in [3.63, 3.8) is 0 Å². The van der Waals surface area contributed by atoms with Crippen molar-refractivity contribution in [2.24, 2.45) is 5.16 Å². The van der Waals surface area contributed by atoms with Gasteiger partial charge in [0, 0.05) is 18.2 Å². The molecule has 1 aliphatic heterocycles. The van der Waals surface area contributed by atoms with Gasteiger partial charge in [-0.05, 0) is 12.1 Å². The Kier molecular flexibility index (Phi) is 3.18. The van der Waals surface area contributed by atoms with Gasteiger partial charge in [0.2, 0.25) is 0 Å². The van der Waals surface area contributed by atoms with E-state index in [4.69, 9.17) is 0 Å². The molecule has 9 heteroatoms. The van der Waals surface area contributed by atoms with Gasteiger partial charge in [-0.2, -0.15) is 26.3 Å².